The van der Waals surface area contributed by atoms with Gasteiger partial charge in [0.25, 0.3) is 0 Å². The number of carbonyl (C=O) groups excluding carboxylic acids is 1. The molecule has 0 aliphatic rings. The highest BCUT2D eigenvalue weighted by Crippen LogP contribution is 2.30. The zero-order valence-electron chi connectivity index (χ0n) is 11.1. The number of hydrogen-bond acceptors (Lipinski definition) is 2. The SMILES string of the molecule is CCOC(=O)CCCCc1ccc(C(F)(F)F)cc1F. The molecule has 0 spiro atoms. The first-order valence-corrected chi connectivity index (χ1v) is 6.36. The predicted octanol–water partition coefficient (Wildman–Crippen LogP) is 4.12. The molecule has 0 bridgehead atoms. The first-order chi connectivity index (χ1) is 9.34. The highest BCUT2D eigenvalue weighted by Gasteiger charge is 2.31. The lowest BCUT2D eigenvalue weighted by atomic mass is 10.0. The Morgan fingerprint density at radius 2 is 1.95 bits per heavy atom. The summed E-state index contributed by atoms with van der Waals surface area (Å²) in [7, 11) is 0. The molecule has 1 rings (SSSR count). The zero-order chi connectivity index (χ0) is 15.2. The minimum atomic E-state index is -4.54. The van der Waals surface area contributed by atoms with Gasteiger partial charge in [0.05, 0.1) is 12.2 Å². The fraction of sp³-hybridized carbons (Fsp3) is 0.500. The van der Waals surface area contributed by atoms with Gasteiger partial charge >= 0.3 is 12.1 Å². The summed E-state index contributed by atoms with van der Waals surface area (Å²) in [5.74, 6) is -1.18. The van der Waals surface area contributed by atoms with Crippen molar-refractivity contribution in [2.75, 3.05) is 6.61 Å². The molecule has 0 aliphatic carbocycles. The van der Waals surface area contributed by atoms with E-state index in [1.165, 1.54) is 0 Å². The molecule has 0 unspecified atom stereocenters. The summed E-state index contributed by atoms with van der Waals surface area (Å²) in [5, 5.41) is 0. The first kappa shape index (κ1) is 16.5. The number of hydrogen-bond donors (Lipinski definition) is 0. The van der Waals surface area contributed by atoms with E-state index in [1.807, 2.05) is 0 Å². The van der Waals surface area contributed by atoms with E-state index in [9.17, 15) is 22.4 Å². The Morgan fingerprint density at radius 1 is 1.25 bits per heavy atom. The van der Waals surface area contributed by atoms with Crippen LogP contribution in [0.25, 0.3) is 0 Å². The molecule has 0 fully saturated rings. The number of unbranched alkanes of at least 4 members (excludes halogenated alkanes) is 1. The van der Waals surface area contributed by atoms with Crippen molar-refractivity contribution < 1.29 is 27.1 Å². The van der Waals surface area contributed by atoms with Crippen LogP contribution in [0.5, 0.6) is 0 Å². The number of rotatable bonds is 6. The van der Waals surface area contributed by atoms with Gasteiger partial charge in [-0.05, 0) is 43.9 Å². The van der Waals surface area contributed by atoms with Gasteiger partial charge in [0.2, 0.25) is 0 Å². The van der Waals surface area contributed by atoms with Gasteiger partial charge in [-0.1, -0.05) is 6.07 Å². The van der Waals surface area contributed by atoms with E-state index >= 15 is 0 Å². The average Bonchev–Trinajstić information content (AvgIpc) is 2.35. The lowest BCUT2D eigenvalue weighted by Gasteiger charge is -2.09. The number of benzene rings is 1. The van der Waals surface area contributed by atoms with Crippen LogP contribution < -0.4 is 0 Å². The molecule has 0 saturated carbocycles. The summed E-state index contributed by atoms with van der Waals surface area (Å²) in [5.41, 5.74) is -0.771. The van der Waals surface area contributed by atoms with E-state index in [4.69, 9.17) is 4.74 Å². The van der Waals surface area contributed by atoms with Crippen LogP contribution in [0.4, 0.5) is 17.6 Å². The molecule has 6 heteroatoms. The largest absolute Gasteiger partial charge is 0.466 e. The third kappa shape index (κ3) is 5.19. The molecule has 0 atom stereocenters. The molecule has 0 radical (unpaired) electrons. The molecule has 112 valence electrons. The van der Waals surface area contributed by atoms with Crippen LogP contribution in [-0.2, 0) is 22.1 Å². The normalized spacial score (nSPS) is 11.4. The van der Waals surface area contributed by atoms with Crippen molar-refractivity contribution in [2.45, 2.75) is 38.8 Å². The molecule has 0 amide bonds. The van der Waals surface area contributed by atoms with Crippen LogP contribution >= 0.6 is 0 Å². The van der Waals surface area contributed by atoms with Gasteiger partial charge in [0.1, 0.15) is 5.82 Å². The second-order valence-electron chi connectivity index (χ2n) is 4.32. The molecule has 0 N–H and O–H groups in total. The van der Waals surface area contributed by atoms with Gasteiger partial charge in [-0.3, -0.25) is 4.79 Å². The molecular formula is C14H16F4O2. The number of carbonyl (C=O) groups is 1. The van der Waals surface area contributed by atoms with Crippen LogP contribution in [0.2, 0.25) is 0 Å². The van der Waals surface area contributed by atoms with Crippen molar-refractivity contribution in [3.05, 3.63) is 35.1 Å². The summed E-state index contributed by atoms with van der Waals surface area (Å²) < 4.78 is 55.3. The Kier molecular flexibility index (Phi) is 5.98. The Hall–Kier alpha value is -1.59. The van der Waals surface area contributed by atoms with Crippen molar-refractivity contribution in [1.82, 2.24) is 0 Å². The van der Waals surface area contributed by atoms with Crippen LogP contribution in [0.1, 0.15) is 37.3 Å². The minimum absolute atomic E-state index is 0.224. The van der Waals surface area contributed by atoms with Crippen molar-refractivity contribution in [2.24, 2.45) is 0 Å². The molecule has 0 saturated heterocycles. The number of alkyl halides is 3. The van der Waals surface area contributed by atoms with Gasteiger partial charge in [-0.15, -0.1) is 0 Å². The molecule has 1 aromatic rings. The summed E-state index contributed by atoms with van der Waals surface area (Å²) in [6.07, 6.45) is -2.98. The number of aryl methyl sites for hydroxylation is 1. The Morgan fingerprint density at radius 3 is 2.50 bits per heavy atom. The third-order valence-corrected chi connectivity index (χ3v) is 2.76. The zero-order valence-corrected chi connectivity index (χ0v) is 11.1. The fourth-order valence-corrected chi connectivity index (χ4v) is 1.74. The second kappa shape index (κ2) is 7.26. The summed E-state index contributed by atoms with van der Waals surface area (Å²) in [4.78, 5) is 11.1. The monoisotopic (exact) mass is 292 g/mol. The smallest absolute Gasteiger partial charge is 0.416 e. The van der Waals surface area contributed by atoms with Crippen molar-refractivity contribution >= 4 is 5.97 Å². The predicted molar refractivity (Wildman–Crippen MR) is 65.6 cm³/mol. The maximum Gasteiger partial charge on any atom is 0.416 e. The van der Waals surface area contributed by atoms with Crippen molar-refractivity contribution in [1.29, 1.82) is 0 Å². The van der Waals surface area contributed by atoms with E-state index in [-0.39, 0.29) is 18.0 Å². The first-order valence-electron chi connectivity index (χ1n) is 6.36. The van der Waals surface area contributed by atoms with Gasteiger partial charge in [-0.2, -0.15) is 13.2 Å². The number of halogens is 4. The maximum atomic E-state index is 13.5. The Balaban J connectivity index is 2.47. The molecule has 0 aliphatic heterocycles. The van der Waals surface area contributed by atoms with E-state index in [1.54, 1.807) is 6.92 Å². The second-order valence-corrected chi connectivity index (χ2v) is 4.32. The molecule has 2 nitrogen and oxygen atoms in total. The lowest BCUT2D eigenvalue weighted by Crippen LogP contribution is -2.06. The fourth-order valence-electron chi connectivity index (χ4n) is 1.74. The summed E-state index contributed by atoms with van der Waals surface area (Å²) in [6.45, 7) is 2.02. The van der Waals surface area contributed by atoms with E-state index in [2.05, 4.69) is 0 Å². The van der Waals surface area contributed by atoms with E-state index in [0.29, 0.717) is 31.9 Å². The molecular weight excluding hydrogens is 276 g/mol. The van der Waals surface area contributed by atoms with Gasteiger partial charge in [-0.25, -0.2) is 4.39 Å². The third-order valence-electron chi connectivity index (χ3n) is 2.76. The quantitative estimate of drug-likeness (QED) is 0.448. The lowest BCUT2D eigenvalue weighted by molar-refractivity contribution is -0.143. The van der Waals surface area contributed by atoms with Gasteiger partial charge in [0, 0.05) is 6.42 Å². The van der Waals surface area contributed by atoms with E-state index in [0.717, 1.165) is 12.1 Å². The van der Waals surface area contributed by atoms with Crippen molar-refractivity contribution in [3.63, 3.8) is 0 Å². The van der Waals surface area contributed by atoms with Gasteiger partial charge in [0.15, 0.2) is 0 Å². The topological polar surface area (TPSA) is 26.3 Å². The molecule has 0 heterocycles. The maximum absolute atomic E-state index is 13.5. The van der Waals surface area contributed by atoms with Crippen LogP contribution in [0.3, 0.4) is 0 Å². The number of ether oxygens (including phenoxy) is 1. The van der Waals surface area contributed by atoms with Crippen LogP contribution in [-0.4, -0.2) is 12.6 Å². The Labute approximate surface area is 114 Å². The summed E-state index contributed by atoms with van der Waals surface area (Å²) >= 11 is 0. The molecule has 0 aromatic heterocycles. The van der Waals surface area contributed by atoms with Crippen LogP contribution in [0.15, 0.2) is 18.2 Å². The highest BCUT2D eigenvalue weighted by atomic mass is 19.4. The standard InChI is InChI=1S/C14H16F4O2/c1-2-20-13(19)6-4-3-5-10-7-8-11(9-12(10)15)14(16,17)18/h7-9H,2-6H2,1H3. The minimum Gasteiger partial charge on any atom is -0.466 e. The van der Waals surface area contributed by atoms with Crippen molar-refractivity contribution in [3.8, 4) is 0 Å². The van der Waals surface area contributed by atoms with Gasteiger partial charge < -0.3 is 4.74 Å². The molecule has 1 aromatic carbocycles. The Bertz CT molecular complexity index is 455. The highest BCUT2D eigenvalue weighted by molar-refractivity contribution is 5.69. The molecule has 20 heavy (non-hydrogen) atoms. The summed E-state index contributed by atoms with van der Waals surface area (Å²) in [6, 6.07) is 2.51. The average molecular weight is 292 g/mol. The van der Waals surface area contributed by atoms with Crippen LogP contribution in [0, 0.1) is 5.82 Å². The number of esters is 1. The van der Waals surface area contributed by atoms with E-state index < -0.39 is 17.6 Å².